The van der Waals surface area contributed by atoms with Crippen molar-refractivity contribution in [1.82, 2.24) is 0 Å². The third kappa shape index (κ3) is 3.83. The van der Waals surface area contributed by atoms with E-state index < -0.39 is 5.41 Å². The summed E-state index contributed by atoms with van der Waals surface area (Å²) >= 11 is 3.34. The van der Waals surface area contributed by atoms with Crippen molar-refractivity contribution in [3.8, 4) is 11.5 Å². The smallest absolute Gasteiger partial charge is 0.315 e. The molecule has 4 nitrogen and oxygen atoms in total. The van der Waals surface area contributed by atoms with E-state index in [1.54, 1.807) is 6.07 Å². The summed E-state index contributed by atoms with van der Waals surface area (Å²) in [5.41, 5.74) is 1.74. The molecule has 0 saturated carbocycles. The van der Waals surface area contributed by atoms with Gasteiger partial charge in [-0.05, 0) is 71.6 Å². The highest BCUT2D eigenvalue weighted by atomic mass is 79.9. The maximum atomic E-state index is 12.7. The van der Waals surface area contributed by atoms with E-state index in [9.17, 15) is 9.90 Å². The molecule has 0 fully saturated rings. The van der Waals surface area contributed by atoms with E-state index in [1.165, 1.54) is 5.57 Å². The number of phenolic OH excluding ortho intramolecular Hbond substituents is 1. The number of phenols is 1. The van der Waals surface area contributed by atoms with Crippen molar-refractivity contribution in [3.05, 3.63) is 34.9 Å². The number of ether oxygens (including phenoxy) is 2. The lowest BCUT2D eigenvalue weighted by molar-refractivity contribution is -0.149. The Labute approximate surface area is 176 Å². The maximum absolute atomic E-state index is 12.7. The molecule has 0 bridgehead atoms. The highest BCUT2D eigenvalue weighted by Crippen LogP contribution is 2.54. The Kier molecular flexibility index (Phi) is 5.86. The van der Waals surface area contributed by atoms with Crippen molar-refractivity contribution >= 4 is 21.9 Å². The van der Waals surface area contributed by atoms with Crippen LogP contribution in [0.3, 0.4) is 0 Å². The van der Waals surface area contributed by atoms with Gasteiger partial charge in [0.1, 0.15) is 17.1 Å². The fourth-order valence-corrected chi connectivity index (χ4v) is 4.67. The summed E-state index contributed by atoms with van der Waals surface area (Å²) in [6.45, 7) is 10.4. The highest BCUT2D eigenvalue weighted by molar-refractivity contribution is 9.09. The molecule has 154 valence electrons. The Morgan fingerprint density at radius 1 is 1.39 bits per heavy atom. The number of rotatable bonds is 5. The Bertz CT molecular complexity index is 794. The fraction of sp³-hybridized carbons (Fsp3) is 0.609. The van der Waals surface area contributed by atoms with Crippen molar-refractivity contribution in [2.45, 2.75) is 70.8 Å². The average molecular weight is 451 g/mol. The molecule has 5 heteroatoms. The number of hydrogen-bond acceptors (Lipinski definition) is 4. The summed E-state index contributed by atoms with van der Waals surface area (Å²) in [4.78, 5) is 12.7. The number of halogens is 1. The van der Waals surface area contributed by atoms with Crippen LogP contribution in [0, 0.1) is 5.92 Å². The number of carbonyl (C=O) groups excluding carboxylic acids is 1. The first kappa shape index (κ1) is 21.2. The van der Waals surface area contributed by atoms with Gasteiger partial charge in [0, 0.05) is 22.7 Å². The third-order valence-electron chi connectivity index (χ3n) is 6.25. The molecule has 3 rings (SSSR count). The van der Waals surface area contributed by atoms with Crippen molar-refractivity contribution < 1.29 is 19.4 Å². The van der Waals surface area contributed by atoms with E-state index >= 15 is 0 Å². The van der Waals surface area contributed by atoms with Gasteiger partial charge in [-0.15, -0.1) is 0 Å². The molecule has 0 amide bonds. The highest BCUT2D eigenvalue weighted by Gasteiger charge is 2.46. The minimum absolute atomic E-state index is 0.217. The van der Waals surface area contributed by atoms with Crippen molar-refractivity contribution in [2.75, 3.05) is 11.9 Å². The predicted octanol–water partition coefficient (Wildman–Crippen LogP) is 5.61. The Morgan fingerprint density at radius 2 is 2.11 bits per heavy atom. The van der Waals surface area contributed by atoms with Crippen LogP contribution in [0.5, 0.6) is 11.5 Å². The van der Waals surface area contributed by atoms with Gasteiger partial charge in [-0.25, -0.2) is 0 Å². The molecule has 28 heavy (non-hydrogen) atoms. The van der Waals surface area contributed by atoms with Gasteiger partial charge in [0.05, 0.1) is 12.0 Å². The van der Waals surface area contributed by atoms with Gasteiger partial charge in [0.15, 0.2) is 0 Å². The summed E-state index contributed by atoms with van der Waals surface area (Å²) in [6.07, 6.45) is 4.93. The molecule has 0 unspecified atom stereocenters. The van der Waals surface area contributed by atoms with Crippen LogP contribution in [0.4, 0.5) is 0 Å². The summed E-state index contributed by atoms with van der Waals surface area (Å²) in [5.74, 6) is 1.16. The zero-order chi connectivity index (χ0) is 20.7. The first-order valence-corrected chi connectivity index (χ1v) is 11.1. The summed E-state index contributed by atoms with van der Waals surface area (Å²) in [5, 5.41) is 11.7. The lowest BCUT2D eigenvalue weighted by atomic mass is 9.67. The monoisotopic (exact) mass is 450 g/mol. The van der Waals surface area contributed by atoms with Crippen molar-refractivity contribution in [1.29, 1.82) is 0 Å². The molecular weight excluding hydrogens is 420 g/mol. The number of aromatic hydroxyl groups is 1. The van der Waals surface area contributed by atoms with E-state index in [-0.39, 0.29) is 23.2 Å². The van der Waals surface area contributed by atoms with Gasteiger partial charge in [-0.2, -0.15) is 0 Å². The molecule has 0 radical (unpaired) electrons. The van der Waals surface area contributed by atoms with Crippen LogP contribution in [0.15, 0.2) is 23.8 Å². The Balaban J connectivity index is 1.98. The Hall–Kier alpha value is -1.49. The molecule has 0 aromatic heterocycles. The normalized spacial score (nSPS) is 23.1. The molecular formula is C23H31BrO4. The van der Waals surface area contributed by atoms with Gasteiger partial charge >= 0.3 is 5.97 Å². The van der Waals surface area contributed by atoms with E-state index in [1.807, 2.05) is 19.9 Å². The number of hydrogen-bond donors (Lipinski definition) is 1. The van der Waals surface area contributed by atoms with Crippen LogP contribution in [0.2, 0.25) is 0 Å². The number of esters is 1. The summed E-state index contributed by atoms with van der Waals surface area (Å²) in [7, 11) is 0. The van der Waals surface area contributed by atoms with Crippen LogP contribution in [-0.2, 0) is 14.9 Å². The topological polar surface area (TPSA) is 55.8 Å². The van der Waals surface area contributed by atoms with Crippen molar-refractivity contribution in [3.63, 3.8) is 0 Å². The molecule has 1 heterocycles. The zero-order valence-electron chi connectivity index (χ0n) is 17.5. The van der Waals surface area contributed by atoms with Gasteiger partial charge in [-0.3, -0.25) is 4.79 Å². The lowest BCUT2D eigenvalue weighted by Gasteiger charge is -2.47. The first-order valence-electron chi connectivity index (χ1n) is 10.0. The standard InChI is InChI=1S/C23H31BrO4/c1-14-7-8-17-16(11-14)20-18(25)12-15(13-19(20)28-23(17,4)5)22(2,3)21(26)27-10-6-9-24/h7,12-13,16-17,25H,6,8-11H2,1-5H3/t16-,17-/m1/s1. The van der Waals surface area contributed by atoms with Crippen LogP contribution < -0.4 is 4.74 Å². The van der Waals surface area contributed by atoms with E-state index in [0.29, 0.717) is 23.8 Å². The number of fused-ring (bicyclic) bond motifs is 3. The second-order valence-corrected chi connectivity index (χ2v) is 9.91. The number of benzene rings is 1. The van der Waals surface area contributed by atoms with Gasteiger partial charge < -0.3 is 14.6 Å². The SMILES string of the molecule is CC1=CC[C@@H]2[C@@H](C1)c1c(O)cc(C(C)(C)C(=O)OCCCBr)cc1OC2(C)C. The molecule has 0 saturated heterocycles. The lowest BCUT2D eigenvalue weighted by Crippen LogP contribution is -2.45. The number of alkyl halides is 1. The van der Waals surface area contributed by atoms with Gasteiger partial charge in [-0.1, -0.05) is 27.6 Å². The number of allylic oxidation sites excluding steroid dienone is 2. The first-order chi connectivity index (χ1) is 13.1. The molecule has 1 aliphatic carbocycles. The van der Waals surface area contributed by atoms with Crippen LogP contribution in [0.25, 0.3) is 0 Å². The molecule has 1 N–H and O–H groups in total. The second-order valence-electron chi connectivity index (χ2n) is 9.12. The molecule has 1 aromatic rings. The van der Waals surface area contributed by atoms with Crippen LogP contribution in [0.1, 0.15) is 70.9 Å². The predicted molar refractivity (Wildman–Crippen MR) is 114 cm³/mol. The van der Waals surface area contributed by atoms with Crippen LogP contribution in [-0.4, -0.2) is 28.6 Å². The fourth-order valence-electron chi connectivity index (χ4n) is 4.44. The quantitative estimate of drug-likeness (QED) is 0.274. The minimum atomic E-state index is -0.869. The van der Waals surface area contributed by atoms with E-state index in [2.05, 4.69) is 42.8 Å². The third-order valence-corrected chi connectivity index (χ3v) is 6.81. The molecule has 1 aromatic carbocycles. The molecule has 1 aliphatic heterocycles. The number of carbonyl (C=O) groups is 1. The second kappa shape index (κ2) is 7.74. The largest absolute Gasteiger partial charge is 0.508 e. The Morgan fingerprint density at radius 3 is 2.79 bits per heavy atom. The molecule has 0 spiro atoms. The van der Waals surface area contributed by atoms with Crippen molar-refractivity contribution in [2.24, 2.45) is 5.92 Å². The van der Waals surface area contributed by atoms with Crippen LogP contribution >= 0.6 is 15.9 Å². The van der Waals surface area contributed by atoms with E-state index in [4.69, 9.17) is 9.47 Å². The minimum Gasteiger partial charge on any atom is -0.508 e. The zero-order valence-corrected chi connectivity index (χ0v) is 19.1. The van der Waals surface area contributed by atoms with E-state index in [0.717, 1.165) is 30.2 Å². The maximum Gasteiger partial charge on any atom is 0.315 e. The summed E-state index contributed by atoms with van der Waals surface area (Å²) in [6, 6.07) is 3.64. The van der Waals surface area contributed by atoms with Gasteiger partial charge in [0.2, 0.25) is 0 Å². The van der Waals surface area contributed by atoms with Gasteiger partial charge in [0.25, 0.3) is 0 Å². The average Bonchev–Trinajstić information content (AvgIpc) is 2.60. The summed E-state index contributed by atoms with van der Waals surface area (Å²) < 4.78 is 11.8. The molecule has 2 aliphatic rings. The molecule has 2 atom stereocenters.